The summed E-state index contributed by atoms with van der Waals surface area (Å²) in [5.74, 6) is 0.795. The van der Waals surface area contributed by atoms with Crippen molar-refractivity contribution in [3.05, 3.63) is 0 Å². The topological polar surface area (TPSA) is 29.1 Å². The molecule has 1 fully saturated rings. The first-order valence-electron chi connectivity index (χ1n) is 7.06. The molecule has 16 heavy (non-hydrogen) atoms. The molecule has 1 N–H and O–H groups in total. The van der Waals surface area contributed by atoms with E-state index in [1.165, 1.54) is 32.1 Å². The normalized spacial score (nSPS) is 22.2. The Hall–Kier alpha value is -0.370. The zero-order valence-electron chi connectivity index (χ0n) is 10.9. The van der Waals surface area contributed by atoms with Gasteiger partial charge in [-0.3, -0.25) is 4.79 Å². The second-order valence-corrected chi connectivity index (χ2v) is 5.01. The molecule has 1 aliphatic rings. The number of unbranched alkanes of at least 4 members (excludes halogenated alkanes) is 3. The Labute approximate surface area is 100 Å². The van der Waals surface area contributed by atoms with Gasteiger partial charge in [-0.2, -0.15) is 0 Å². The Kier molecular flexibility index (Phi) is 6.70. The summed E-state index contributed by atoms with van der Waals surface area (Å²) in [5.41, 5.74) is 0. The van der Waals surface area contributed by atoms with Crippen molar-refractivity contribution in [3.63, 3.8) is 0 Å². The number of rotatable bonds is 8. The third-order valence-corrected chi connectivity index (χ3v) is 3.71. The Bertz CT molecular complexity index is 197. The van der Waals surface area contributed by atoms with Crippen molar-refractivity contribution >= 4 is 5.78 Å². The standard InChI is InChI=1S/C14H27NO/c1-3-5-6-7-9-12(4-2)14(16)13-10-8-11-15-13/h12-13,15H,3-11H2,1-2H3/t12?,13-/m0/s1. The highest BCUT2D eigenvalue weighted by molar-refractivity contribution is 5.86. The molecule has 2 heteroatoms. The minimum atomic E-state index is 0.177. The molecule has 1 heterocycles. The molecule has 1 saturated heterocycles. The molecule has 0 amide bonds. The van der Waals surface area contributed by atoms with Crippen LogP contribution in [0.3, 0.4) is 0 Å². The van der Waals surface area contributed by atoms with Crippen LogP contribution in [0.1, 0.15) is 65.2 Å². The van der Waals surface area contributed by atoms with Gasteiger partial charge in [-0.15, -0.1) is 0 Å². The highest BCUT2D eigenvalue weighted by Gasteiger charge is 2.27. The summed E-state index contributed by atoms with van der Waals surface area (Å²) in [6.45, 7) is 5.41. The molecule has 1 unspecified atom stereocenters. The van der Waals surface area contributed by atoms with Crippen LogP contribution in [0.25, 0.3) is 0 Å². The molecule has 0 aromatic heterocycles. The van der Waals surface area contributed by atoms with Crippen LogP contribution in [-0.4, -0.2) is 18.4 Å². The summed E-state index contributed by atoms with van der Waals surface area (Å²) in [6.07, 6.45) is 9.45. The van der Waals surface area contributed by atoms with E-state index >= 15 is 0 Å². The van der Waals surface area contributed by atoms with Gasteiger partial charge in [0.15, 0.2) is 5.78 Å². The Balaban J connectivity index is 2.25. The molecule has 1 aliphatic heterocycles. The van der Waals surface area contributed by atoms with Crippen LogP contribution in [0.15, 0.2) is 0 Å². The molecule has 0 bridgehead atoms. The van der Waals surface area contributed by atoms with E-state index in [0.29, 0.717) is 11.7 Å². The quantitative estimate of drug-likeness (QED) is 0.642. The maximum absolute atomic E-state index is 12.2. The van der Waals surface area contributed by atoms with E-state index in [4.69, 9.17) is 0 Å². The van der Waals surface area contributed by atoms with E-state index in [0.717, 1.165) is 25.8 Å². The molecule has 0 aromatic carbocycles. The smallest absolute Gasteiger partial charge is 0.152 e. The first kappa shape index (κ1) is 13.7. The van der Waals surface area contributed by atoms with Gasteiger partial charge in [0.1, 0.15) is 0 Å². The predicted molar refractivity (Wildman–Crippen MR) is 68.6 cm³/mol. The van der Waals surface area contributed by atoms with Crippen molar-refractivity contribution < 1.29 is 4.79 Å². The summed E-state index contributed by atoms with van der Waals surface area (Å²) in [6, 6.07) is 0.177. The first-order valence-corrected chi connectivity index (χ1v) is 7.06. The van der Waals surface area contributed by atoms with Crippen molar-refractivity contribution in [1.29, 1.82) is 0 Å². The van der Waals surface area contributed by atoms with Gasteiger partial charge in [0.25, 0.3) is 0 Å². The highest BCUT2D eigenvalue weighted by Crippen LogP contribution is 2.20. The lowest BCUT2D eigenvalue weighted by Gasteiger charge is -2.18. The number of nitrogens with one attached hydrogen (secondary N) is 1. The molecule has 0 aliphatic carbocycles. The number of carbonyl (C=O) groups is 1. The largest absolute Gasteiger partial charge is 0.307 e. The van der Waals surface area contributed by atoms with Gasteiger partial charge in [-0.1, -0.05) is 39.5 Å². The summed E-state index contributed by atoms with van der Waals surface area (Å²) < 4.78 is 0. The second-order valence-electron chi connectivity index (χ2n) is 5.01. The van der Waals surface area contributed by atoms with E-state index in [-0.39, 0.29) is 6.04 Å². The van der Waals surface area contributed by atoms with Crippen LogP contribution in [-0.2, 0) is 4.79 Å². The van der Waals surface area contributed by atoms with E-state index in [1.54, 1.807) is 0 Å². The van der Waals surface area contributed by atoms with Crippen LogP contribution in [0, 0.1) is 5.92 Å². The lowest BCUT2D eigenvalue weighted by atomic mass is 9.90. The molecule has 0 radical (unpaired) electrons. The van der Waals surface area contributed by atoms with Crippen molar-refractivity contribution in [1.82, 2.24) is 5.32 Å². The minimum Gasteiger partial charge on any atom is -0.307 e. The number of ketones is 1. The average molecular weight is 225 g/mol. The Morgan fingerprint density at radius 3 is 2.69 bits per heavy atom. The van der Waals surface area contributed by atoms with Crippen molar-refractivity contribution in [2.45, 2.75) is 71.3 Å². The molecule has 2 nitrogen and oxygen atoms in total. The Morgan fingerprint density at radius 1 is 1.31 bits per heavy atom. The molecular weight excluding hydrogens is 198 g/mol. The van der Waals surface area contributed by atoms with E-state index in [2.05, 4.69) is 19.2 Å². The zero-order valence-corrected chi connectivity index (χ0v) is 10.9. The van der Waals surface area contributed by atoms with Crippen molar-refractivity contribution in [3.8, 4) is 0 Å². The maximum atomic E-state index is 12.2. The van der Waals surface area contributed by atoms with Crippen LogP contribution in [0.5, 0.6) is 0 Å². The molecule has 0 aromatic rings. The predicted octanol–water partition coefficient (Wildman–Crippen LogP) is 3.30. The fraction of sp³-hybridized carbons (Fsp3) is 0.929. The van der Waals surface area contributed by atoms with E-state index in [1.807, 2.05) is 0 Å². The van der Waals surface area contributed by atoms with Crippen molar-refractivity contribution in [2.24, 2.45) is 5.92 Å². The molecular formula is C14H27NO. The number of carbonyl (C=O) groups excluding carboxylic acids is 1. The summed E-state index contributed by atoms with van der Waals surface area (Å²) in [4.78, 5) is 12.2. The fourth-order valence-corrected chi connectivity index (χ4v) is 2.58. The maximum Gasteiger partial charge on any atom is 0.152 e. The Morgan fingerprint density at radius 2 is 2.12 bits per heavy atom. The second kappa shape index (κ2) is 7.83. The van der Waals surface area contributed by atoms with Gasteiger partial charge >= 0.3 is 0 Å². The van der Waals surface area contributed by atoms with Gasteiger partial charge in [0, 0.05) is 5.92 Å². The minimum absolute atomic E-state index is 0.177. The highest BCUT2D eigenvalue weighted by atomic mass is 16.1. The van der Waals surface area contributed by atoms with Crippen molar-refractivity contribution in [2.75, 3.05) is 6.54 Å². The van der Waals surface area contributed by atoms with Crippen LogP contribution >= 0.6 is 0 Å². The van der Waals surface area contributed by atoms with Gasteiger partial charge in [-0.25, -0.2) is 0 Å². The fourth-order valence-electron chi connectivity index (χ4n) is 2.58. The van der Waals surface area contributed by atoms with Gasteiger partial charge in [-0.05, 0) is 32.2 Å². The van der Waals surface area contributed by atoms with E-state index in [9.17, 15) is 4.79 Å². The summed E-state index contributed by atoms with van der Waals surface area (Å²) in [7, 11) is 0. The monoisotopic (exact) mass is 225 g/mol. The SMILES string of the molecule is CCCCCCC(CC)C(=O)[C@@H]1CCCN1. The van der Waals surface area contributed by atoms with Gasteiger partial charge in [0.2, 0.25) is 0 Å². The summed E-state index contributed by atoms with van der Waals surface area (Å²) >= 11 is 0. The molecule has 0 spiro atoms. The first-order chi connectivity index (χ1) is 7.79. The molecule has 0 saturated carbocycles. The summed E-state index contributed by atoms with van der Waals surface area (Å²) in [5, 5.41) is 3.32. The number of hydrogen-bond donors (Lipinski definition) is 1. The van der Waals surface area contributed by atoms with Gasteiger partial charge < -0.3 is 5.32 Å². The van der Waals surface area contributed by atoms with Gasteiger partial charge in [0.05, 0.1) is 6.04 Å². The number of hydrogen-bond acceptors (Lipinski definition) is 2. The third-order valence-electron chi connectivity index (χ3n) is 3.71. The van der Waals surface area contributed by atoms with Crippen LogP contribution in [0.4, 0.5) is 0 Å². The lowest BCUT2D eigenvalue weighted by Crippen LogP contribution is -2.35. The molecule has 1 rings (SSSR count). The van der Waals surface area contributed by atoms with E-state index < -0.39 is 0 Å². The molecule has 94 valence electrons. The van der Waals surface area contributed by atoms with Crippen LogP contribution in [0.2, 0.25) is 0 Å². The zero-order chi connectivity index (χ0) is 11.8. The average Bonchev–Trinajstić information content (AvgIpc) is 2.82. The lowest BCUT2D eigenvalue weighted by molar-refractivity contribution is -0.124. The molecule has 2 atom stereocenters. The number of Topliss-reactive ketones (excluding diaryl/α,β-unsaturated/α-hetero) is 1. The third kappa shape index (κ3) is 4.25. The van der Waals surface area contributed by atoms with Crippen LogP contribution < -0.4 is 5.32 Å².